The molecule has 0 spiro atoms. The van der Waals surface area contributed by atoms with E-state index in [1.165, 1.54) is 94.8 Å². The molecule has 2 aliphatic rings. The molecule has 0 aliphatic heterocycles. The molecule has 0 amide bonds. The van der Waals surface area contributed by atoms with Crippen molar-refractivity contribution in [2.24, 2.45) is 0 Å². The first kappa shape index (κ1) is 32.9. The van der Waals surface area contributed by atoms with Crippen molar-refractivity contribution in [2.45, 2.75) is 64.8 Å². The zero-order valence-electron chi connectivity index (χ0n) is 29.4. The van der Waals surface area contributed by atoms with Gasteiger partial charge >= 0.3 is 293 Å². The summed E-state index contributed by atoms with van der Waals surface area (Å²) in [5.41, 5.74) is 12.3. The number of rotatable bonds is 12. The second-order valence-electron chi connectivity index (χ2n) is 13.7. The average molecular weight is 716 g/mol. The molecule has 0 N–H and O–H groups in total. The van der Waals surface area contributed by atoms with Crippen LogP contribution in [0.1, 0.15) is 76.5 Å². The predicted octanol–water partition coefficient (Wildman–Crippen LogP) is 11.1. The van der Waals surface area contributed by atoms with Crippen LogP contribution in [-0.2, 0) is 26.7 Å². The SMILES string of the molecule is CCC[CH2][Zr]([CH2]CCC)([c]1cc(OC)c(OC)c2c1Cc1cc(OC)ccc1-2)[CH]1C=C(c2cccc3c(C)cccc23)c2ccccc21. The van der Waals surface area contributed by atoms with Crippen LogP contribution in [0.3, 0.4) is 0 Å². The number of hydrogen-bond donors (Lipinski definition) is 0. The molecule has 48 heavy (non-hydrogen) atoms. The second-order valence-corrected chi connectivity index (χ2v) is 24.7. The molecule has 2 aliphatic carbocycles. The molecule has 246 valence electrons. The molecule has 7 rings (SSSR count). The van der Waals surface area contributed by atoms with Gasteiger partial charge in [-0.15, -0.1) is 0 Å². The minimum absolute atomic E-state index is 0.420. The molecule has 0 saturated carbocycles. The summed E-state index contributed by atoms with van der Waals surface area (Å²) in [7, 11) is 5.35. The number of unbranched alkanes of at least 4 members (excludes halogenated alkanes) is 2. The van der Waals surface area contributed by atoms with Gasteiger partial charge in [0, 0.05) is 0 Å². The summed E-state index contributed by atoms with van der Waals surface area (Å²) in [5, 5.41) is 2.69. The van der Waals surface area contributed by atoms with Crippen molar-refractivity contribution in [3.8, 4) is 28.4 Å². The van der Waals surface area contributed by atoms with Gasteiger partial charge in [0.05, 0.1) is 0 Å². The van der Waals surface area contributed by atoms with Crippen LogP contribution in [-0.4, -0.2) is 21.3 Å². The Morgan fingerprint density at radius 2 is 1.44 bits per heavy atom. The third kappa shape index (κ3) is 5.36. The summed E-state index contributed by atoms with van der Waals surface area (Å²) in [5.74, 6) is 2.63. The summed E-state index contributed by atoms with van der Waals surface area (Å²) in [6, 6.07) is 32.0. The maximum absolute atomic E-state index is 6.22. The third-order valence-electron chi connectivity index (χ3n) is 11.2. The van der Waals surface area contributed by atoms with Crippen molar-refractivity contribution in [3.63, 3.8) is 0 Å². The van der Waals surface area contributed by atoms with Crippen molar-refractivity contribution in [1.82, 2.24) is 0 Å². The van der Waals surface area contributed by atoms with Gasteiger partial charge in [-0.1, -0.05) is 0 Å². The van der Waals surface area contributed by atoms with Gasteiger partial charge in [-0.2, -0.15) is 0 Å². The van der Waals surface area contributed by atoms with Crippen LogP contribution in [0.4, 0.5) is 0 Å². The van der Waals surface area contributed by atoms with Crippen LogP contribution in [0.25, 0.3) is 27.5 Å². The first-order valence-corrected chi connectivity index (χ1v) is 23.9. The fraction of sp³-hybridized carbons (Fsp3) is 0.318. The third-order valence-corrected chi connectivity index (χ3v) is 25.1. The van der Waals surface area contributed by atoms with Crippen molar-refractivity contribution in [1.29, 1.82) is 0 Å². The normalized spacial score (nSPS) is 14.8. The van der Waals surface area contributed by atoms with Crippen LogP contribution >= 0.6 is 0 Å². The fourth-order valence-electron chi connectivity index (χ4n) is 8.83. The topological polar surface area (TPSA) is 27.7 Å². The van der Waals surface area contributed by atoms with Gasteiger partial charge < -0.3 is 0 Å². The standard InChI is InChI=1S/C20H15.C16H15O3.2C4H9.Zr/c1-14-6-4-10-18-16(14)9-5-11-19(18)20-13-12-15-7-2-3-8-17(15)20;1-17-12-5-6-13-11(9-12)8-10-4-7-14(18-2)16(19-3)15(10)13;2*1-3-4-2;/h2-13H,1H3;5-7,9H,8H2,1-3H3;2*1,3-4H2,2H3;. The monoisotopic (exact) mass is 714 g/mol. The number of methoxy groups -OCH3 is 3. The zero-order chi connectivity index (χ0) is 33.4. The van der Waals surface area contributed by atoms with Crippen LogP contribution < -0.4 is 17.5 Å². The first-order valence-electron chi connectivity index (χ1n) is 17.7. The van der Waals surface area contributed by atoms with Gasteiger partial charge in [-0.05, 0) is 0 Å². The molecule has 1 unspecified atom stereocenters. The Kier molecular flexibility index (Phi) is 9.40. The molecule has 3 nitrogen and oxygen atoms in total. The Balaban J connectivity index is 1.52. The maximum atomic E-state index is 6.22. The second kappa shape index (κ2) is 13.7. The molecular formula is C44H48O3Zr. The van der Waals surface area contributed by atoms with Crippen molar-refractivity contribution in [3.05, 3.63) is 124 Å². The molecule has 5 aromatic rings. The predicted molar refractivity (Wildman–Crippen MR) is 198 cm³/mol. The van der Waals surface area contributed by atoms with Gasteiger partial charge in [0.1, 0.15) is 0 Å². The summed E-state index contributed by atoms with van der Waals surface area (Å²) in [6.45, 7) is 6.95. The van der Waals surface area contributed by atoms with E-state index in [9.17, 15) is 0 Å². The zero-order valence-corrected chi connectivity index (χ0v) is 31.9. The Morgan fingerprint density at radius 3 is 2.17 bits per heavy atom. The van der Waals surface area contributed by atoms with Crippen molar-refractivity contribution < 1.29 is 34.5 Å². The molecule has 5 aromatic carbocycles. The number of ether oxygens (including phenoxy) is 3. The molecule has 0 bridgehead atoms. The van der Waals surface area contributed by atoms with E-state index < -0.39 is 20.3 Å². The Hall–Kier alpha value is -3.62. The van der Waals surface area contributed by atoms with E-state index in [-0.39, 0.29) is 0 Å². The average Bonchev–Trinajstić information content (AvgIpc) is 3.70. The molecule has 1 atom stereocenters. The Morgan fingerprint density at radius 1 is 0.708 bits per heavy atom. The van der Waals surface area contributed by atoms with Gasteiger partial charge in [0.15, 0.2) is 0 Å². The Labute approximate surface area is 291 Å². The summed E-state index contributed by atoms with van der Waals surface area (Å²) >= 11 is -3.45. The molecule has 0 saturated heterocycles. The van der Waals surface area contributed by atoms with Crippen LogP contribution in [0.15, 0.2) is 91.0 Å². The van der Waals surface area contributed by atoms with Crippen LogP contribution in [0.5, 0.6) is 17.2 Å². The molecule has 0 radical (unpaired) electrons. The van der Waals surface area contributed by atoms with Crippen molar-refractivity contribution >= 4 is 19.6 Å². The van der Waals surface area contributed by atoms with E-state index in [2.05, 4.69) is 112 Å². The molecule has 0 heterocycles. The van der Waals surface area contributed by atoms with Gasteiger partial charge in [-0.3, -0.25) is 0 Å². The molecule has 4 heteroatoms. The van der Waals surface area contributed by atoms with Crippen LogP contribution in [0.2, 0.25) is 8.26 Å². The van der Waals surface area contributed by atoms with E-state index in [1.54, 1.807) is 24.6 Å². The summed E-state index contributed by atoms with van der Waals surface area (Å²) in [6.07, 6.45) is 8.54. The van der Waals surface area contributed by atoms with E-state index >= 15 is 0 Å². The fourth-order valence-corrected chi connectivity index (χ4v) is 24.3. The molecule has 0 fully saturated rings. The Bertz CT molecular complexity index is 2010. The first-order chi connectivity index (χ1) is 23.5. The molecular weight excluding hydrogens is 668 g/mol. The van der Waals surface area contributed by atoms with Gasteiger partial charge in [-0.25, -0.2) is 0 Å². The minimum atomic E-state index is -3.45. The van der Waals surface area contributed by atoms with Crippen LogP contribution in [0, 0.1) is 6.92 Å². The van der Waals surface area contributed by atoms with Gasteiger partial charge in [0.25, 0.3) is 0 Å². The number of allylic oxidation sites excluding steroid dienone is 1. The number of aryl methyl sites for hydroxylation is 1. The molecule has 0 aromatic heterocycles. The number of benzene rings is 5. The summed E-state index contributed by atoms with van der Waals surface area (Å²) < 4.78 is 22.8. The van der Waals surface area contributed by atoms with Crippen molar-refractivity contribution in [2.75, 3.05) is 21.3 Å². The van der Waals surface area contributed by atoms with E-state index in [1.807, 2.05) is 0 Å². The van der Waals surface area contributed by atoms with Gasteiger partial charge in [0.2, 0.25) is 0 Å². The quantitative estimate of drug-likeness (QED) is 0.126. The number of fused-ring (bicyclic) bond motifs is 5. The van der Waals surface area contributed by atoms with E-state index in [0.717, 1.165) is 23.7 Å². The van der Waals surface area contributed by atoms with E-state index in [4.69, 9.17) is 14.2 Å². The summed E-state index contributed by atoms with van der Waals surface area (Å²) in [4.78, 5) is 0. The number of hydrogen-bond acceptors (Lipinski definition) is 3. The van der Waals surface area contributed by atoms with E-state index in [0.29, 0.717) is 3.63 Å².